The molecule has 1 aliphatic rings. The van der Waals surface area contributed by atoms with Crippen LogP contribution >= 0.6 is 11.6 Å². The Morgan fingerprint density at radius 1 is 1.29 bits per heavy atom. The molecule has 1 N–H and O–H groups in total. The minimum atomic E-state index is -0.983. The Balaban J connectivity index is 2.35. The van der Waals surface area contributed by atoms with Crippen LogP contribution in [-0.4, -0.2) is 17.6 Å². The highest BCUT2D eigenvalue weighted by Crippen LogP contribution is 2.37. The summed E-state index contributed by atoms with van der Waals surface area (Å²) in [4.78, 5) is 0. The fourth-order valence-corrected chi connectivity index (χ4v) is 2.48. The quantitative estimate of drug-likeness (QED) is 0.834. The normalized spacial score (nSPS) is 19.1. The molecule has 92 valence electrons. The molecule has 1 atom stereocenters. The molecule has 0 amide bonds. The Morgan fingerprint density at radius 3 is 2.65 bits per heavy atom. The zero-order valence-corrected chi connectivity index (χ0v) is 10.5. The number of hydrogen-bond acceptors (Lipinski definition) is 2. The molecule has 1 aliphatic heterocycles. The maximum Gasteiger partial charge on any atom is 0.115 e. The highest BCUT2D eigenvalue weighted by Gasteiger charge is 2.34. The van der Waals surface area contributed by atoms with Gasteiger partial charge in [0.2, 0.25) is 0 Å². The van der Waals surface area contributed by atoms with E-state index in [9.17, 15) is 5.11 Å². The molecule has 2 rings (SSSR count). The van der Waals surface area contributed by atoms with Crippen LogP contribution in [0.25, 0.3) is 0 Å². The molecule has 1 unspecified atom stereocenters. The van der Waals surface area contributed by atoms with E-state index in [1.165, 1.54) is 0 Å². The molecule has 0 spiro atoms. The van der Waals surface area contributed by atoms with Gasteiger partial charge in [-0.05, 0) is 24.8 Å². The summed E-state index contributed by atoms with van der Waals surface area (Å²) in [5, 5.41) is 10.9. The van der Waals surface area contributed by atoms with Crippen molar-refractivity contribution in [2.75, 3.05) is 12.5 Å². The van der Waals surface area contributed by atoms with Gasteiger partial charge >= 0.3 is 0 Å². The average molecular weight is 253 g/mol. The lowest BCUT2D eigenvalue weighted by molar-refractivity contribution is 0.0567. The largest absolute Gasteiger partial charge is 0.501 e. The lowest BCUT2D eigenvalue weighted by Gasteiger charge is -2.32. The molecular formula is C14H17ClO2. The topological polar surface area (TPSA) is 29.5 Å². The first-order valence-corrected chi connectivity index (χ1v) is 6.46. The lowest BCUT2D eigenvalue weighted by Crippen LogP contribution is -2.30. The molecule has 0 bridgehead atoms. The number of ether oxygens (including phenoxy) is 1. The maximum absolute atomic E-state index is 10.9. The van der Waals surface area contributed by atoms with Crippen molar-refractivity contribution < 1.29 is 9.84 Å². The first-order chi connectivity index (χ1) is 8.27. The fourth-order valence-electron chi connectivity index (χ4n) is 2.21. The monoisotopic (exact) mass is 252 g/mol. The molecule has 0 saturated carbocycles. The molecular weight excluding hydrogens is 236 g/mol. The van der Waals surface area contributed by atoms with Gasteiger partial charge in [0.05, 0.1) is 12.9 Å². The Labute approximate surface area is 107 Å². The number of benzene rings is 1. The molecule has 2 nitrogen and oxygen atoms in total. The van der Waals surface area contributed by atoms with Crippen LogP contribution in [0, 0.1) is 0 Å². The predicted octanol–water partition coefficient (Wildman–Crippen LogP) is 3.20. The summed E-state index contributed by atoms with van der Waals surface area (Å²) < 4.78 is 5.33. The van der Waals surface area contributed by atoms with Crippen molar-refractivity contribution in [2.45, 2.75) is 24.9 Å². The third kappa shape index (κ3) is 2.64. The van der Waals surface area contributed by atoms with E-state index in [4.69, 9.17) is 16.3 Å². The molecule has 0 radical (unpaired) electrons. The van der Waals surface area contributed by atoms with Crippen molar-refractivity contribution >= 4 is 11.6 Å². The minimum absolute atomic E-state index is 0.419. The number of rotatable bonds is 4. The predicted molar refractivity (Wildman–Crippen MR) is 68.9 cm³/mol. The van der Waals surface area contributed by atoms with Gasteiger partial charge in [-0.15, -0.1) is 11.6 Å². The van der Waals surface area contributed by atoms with Gasteiger partial charge in [-0.2, -0.15) is 0 Å². The van der Waals surface area contributed by atoms with Gasteiger partial charge in [0.1, 0.15) is 5.60 Å². The SMILES string of the molecule is OC(CCCl)(C1=COCCC1)c1ccccc1. The van der Waals surface area contributed by atoms with Crippen molar-refractivity contribution in [3.05, 3.63) is 47.7 Å². The molecule has 0 fully saturated rings. The fraction of sp³-hybridized carbons (Fsp3) is 0.429. The van der Waals surface area contributed by atoms with Crippen LogP contribution in [0.5, 0.6) is 0 Å². The second-order valence-electron chi connectivity index (χ2n) is 4.28. The van der Waals surface area contributed by atoms with E-state index in [0.717, 1.165) is 30.6 Å². The number of halogens is 1. The molecule has 17 heavy (non-hydrogen) atoms. The van der Waals surface area contributed by atoms with Crippen LogP contribution in [0.1, 0.15) is 24.8 Å². The number of aliphatic hydroxyl groups is 1. The van der Waals surface area contributed by atoms with Crippen molar-refractivity contribution in [3.8, 4) is 0 Å². The van der Waals surface area contributed by atoms with Crippen LogP contribution in [0.3, 0.4) is 0 Å². The summed E-state index contributed by atoms with van der Waals surface area (Å²) in [6.45, 7) is 0.731. The van der Waals surface area contributed by atoms with E-state index in [1.807, 2.05) is 30.3 Å². The van der Waals surface area contributed by atoms with Crippen molar-refractivity contribution in [3.63, 3.8) is 0 Å². The van der Waals surface area contributed by atoms with Gasteiger partial charge in [-0.25, -0.2) is 0 Å². The standard InChI is InChI=1S/C14H17ClO2/c15-9-8-14(16,12-5-2-1-3-6-12)13-7-4-10-17-11-13/h1-3,5-6,11,16H,4,7-10H2. The number of alkyl halides is 1. The summed E-state index contributed by atoms with van der Waals surface area (Å²) >= 11 is 5.83. The maximum atomic E-state index is 10.9. The first kappa shape index (κ1) is 12.5. The number of hydrogen-bond donors (Lipinski definition) is 1. The molecule has 1 aromatic carbocycles. The zero-order chi connectivity index (χ0) is 12.1. The van der Waals surface area contributed by atoms with Crippen molar-refractivity contribution in [1.82, 2.24) is 0 Å². The average Bonchev–Trinajstić information content (AvgIpc) is 2.41. The van der Waals surface area contributed by atoms with Gasteiger partial charge in [-0.1, -0.05) is 30.3 Å². The van der Waals surface area contributed by atoms with Gasteiger partial charge in [0.15, 0.2) is 0 Å². The van der Waals surface area contributed by atoms with Crippen molar-refractivity contribution in [2.24, 2.45) is 0 Å². The molecule has 3 heteroatoms. The van der Waals surface area contributed by atoms with E-state index in [2.05, 4.69) is 0 Å². The minimum Gasteiger partial charge on any atom is -0.501 e. The Bertz CT molecular complexity index is 388. The van der Waals surface area contributed by atoms with E-state index in [0.29, 0.717) is 12.3 Å². The summed E-state index contributed by atoms with van der Waals surface area (Å²) in [6, 6.07) is 9.66. The van der Waals surface area contributed by atoms with E-state index in [1.54, 1.807) is 6.26 Å². The van der Waals surface area contributed by atoms with Gasteiger partial charge in [-0.3, -0.25) is 0 Å². The lowest BCUT2D eigenvalue weighted by atomic mass is 9.82. The highest BCUT2D eigenvalue weighted by molar-refractivity contribution is 6.17. The Morgan fingerprint density at radius 2 is 2.06 bits per heavy atom. The van der Waals surface area contributed by atoms with Crippen LogP contribution in [0.2, 0.25) is 0 Å². The van der Waals surface area contributed by atoms with Gasteiger partial charge < -0.3 is 9.84 Å². The second kappa shape index (κ2) is 5.56. The molecule has 1 heterocycles. The molecule has 0 aliphatic carbocycles. The van der Waals surface area contributed by atoms with Crippen LogP contribution in [0.15, 0.2) is 42.2 Å². The summed E-state index contributed by atoms with van der Waals surface area (Å²) in [5.74, 6) is 0.419. The van der Waals surface area contributed by atoms with E-state index < -0.39 is 5.60 Å². The third-order valence-corrected chi connectivity index (χ3v) is 3.36. The highest BCUT2D eigenvalue weighted by atomic mass is 35.5. The van der Waals surface area contributed by atoms with Gasteiger partial charge in [0.25, 0.3) is 0 Å². The first-order valence-electron chi connectivity index (χ1n) is 5.92. The second-order valence-corrected chi connectivity index (χ2v) is 4.66. The summed E-state index contributed by atoms with van der Waals surface area (Å²) in [5.41, 5.74) is 0.830. The summed E-state index contributed by atoms with van der Waals surface area (Å²) in [7, 11) is 0. The van der Waals surface area contributed by atoms with Crippen LogP contribution < -0.4 is 0 Å². The van der Waals surface area contributed by atoms with Gasteiger partial charge in [0, 0.05) is 11.5 Å². The van der Waals surface area contributed by atoms with Crippen LogP contribution in [0.4, 0.5) is 0 Å². The smallest absolute Gasteiger partial charge is 0.115 e. The van der Waals surface area contributed by atoms with E-state index >= 15 is 0 Å². The molecule has 1 aromatic rings. The zero-order valence-electron chi connectivity index (χ0n) is 9.73. The van der Waals surface area contributed by atoms with Crippen LogP contribution in [-0.2, 0) is 10.3 Å². The summed E-state index contributed by atoms with van der Waals surface area (Å²) in [6.07, 6.45) is 4.02. The third-order valence-electron chi connectivity index (χ3n) is 3.17. The van der Waals surface area contributed by atoms with Crippen molar-refractivity contribution in [1.29, 1.82) is 0 Å². The van der Waals surface area contributed by atoms with E-state index in [-0.39, 0.29) is 0 Å². The molecule has 0 saturated heterocycles. The molecule has 0 aromatic heterocycles. The Kier molecular flexibility index (Phi) is 4.08. The Hall–Kier alpha value is -0.990.